The van der Waals surface area contributed by atoms with Crippen LogP contribution in [0.2, 0.25) is 0 Å². The van der Waals surface area contributed by atoms with Gasteiger partial charge >= 0.3 is 5.97 Å². The second-order valence-electron chi connectivity index (χ2n) is 4.65. The number of nitrogens with two attached hydrogens (primary N) is 1. The van der Waals surface area contributed by atoms with Gasteiger partial charge in [0.15, 0.2) is 0 Å². The molecule has 1 amide bonds. The minimum absolute atomic E-state index is 0.0521. The predicted octanol–water partition coefficient (Wildman–Crippen LogP) is 0.383. The topological polar surface area (TPSA) is 72.6 Å². The largest absolute Gasteiger partial charge is 0.466 e. The van der Waals surface area contributed by atoms with E-state index in [2.05, 4.69) is 4.90 Å². The van der Waals surface area contributed by atoms with Crippen molar-refractivity contribution < 1.29 is 14.3 Å². The molecule has 17 heavy (non-hydrogen) atoms. The van der Waals surface area contributed by atoms with E-state index in [0.29, 0.717) is 19.7 Å². The number of ether oxygens (including phenoxy) is 1. The molecule has 1 unspecified atom stereocenters. The van der Waals surface area contributed by atoms with Crippen molar-refractivity contribution in [1.82, 2.24) is 4.90 Å². The molecule has 2 atom stereocenters. The summed E-state index contributed by atoms with van der Waals surface area (Å²) in [5.74, 6) is -0.632. The summed E-state index contributed by atoms with van der Waals surface area (Å²) in [5.41, 5.74) is 5.24. The van der Waals surface area contributed by atoms with E-state index in [1.165, 1.54) is 0 Å². The van der Waals surface area contributed by atoms with Crippen molar-refractivity contribution in [2.24, 2.45) is 17.6 Å². The molecule has 5 nitrogen and oxygen atoms in total. The SMILES string of the molecule is CCOC(=O)[C@@H]1CCCN(CC(C)C(N)=O)C1. The first-order chi connectivity index (χ1) is 8.04. The highest BCUT2D eigenvalue weighted by atomic mass is 16.5. The first-order valence-electron chi connectivity index (χ1n) is 6.22. The van der Waals surface area contributed by atoms with Gasteiger partial charge in [0.2, 0.25) is 5.91 Å². The maximum Gasteiger partial charge on any atom is 0.310 e. The van der Waals surface area contributed by atoms with E-state index < -0.39 is 0 Å². The van der Waals surface area contributed by atoms with Crippen molar-refractivity contribution in [3.63, 3.8) is 0 Å². The van der Waals surface area contributed by atoms with Gasteiger partial charge in [-0.05, 0) is 26.3 Å². The second-order valence-corrected chi connectivity index (χ2v) is 4.65. The molecule has 98 valence electrons. The molecule has 5 heteroatoms. The lowest BCUT2D eigenvalue weighted by molar-refractivity contribution is -0.150. The summed E-state index contributed by atoms with van der Waals surface area (Å²) < 4.78 is 5.02. The van der Waals surface area contributed by atoms with E-state index in [0.717, 1.165) is 19.4 Å². The molecule has 1 aliphatic rings. The van der Waals surface area contributed by atoms with Crippen LogP contribution in [-0.2, 0) is 14.3 Å². The molecule has 0 aromatic heterocycles. The Balaban J connectivity index is 2.43. The highest BCUT2D eigenvalue weighted by Gasteiger charge is 2.27. The molecule has 2 N–H and O–H groups in total. The normalized spacial score (nSPS) is 23.1. The summed E-state index contributed by atoms with van der Waals surface area (Å²) >= 11 is 0. The molecule has 0 aromatic carbocycles. The van der Waals surface area contributed by atoms with Gasteiger partial charge in [0.05, 0.1) is 12.5 Å². The smallest absolute Gasteiger partial charge is 0.310 e. The van der Waals surface area contributed by atoms with Gasteiger partial charge in [0, 0.05) is 19.0 Å². The molecule has 0 saturated carbocycles. The lowest BCUT2D eigenvalue weighted by atomic mass is 9.97. The number of hydrogen-bond donors (Lipinski definition) is 1. The summed E-state index contributed by atoms with van der Waals surface area (Å²) in [5, 5.41) is 0. The number of rotatable bonds is 5. The molecule has 0 radical (unpaired) electrons. The fourth-order valence-electron chi connectivity index (χ4n) is 2.15. The molecule has 0 aromatic rings. The monoisotopic (exact) mass is 242 g/mol. The molecule has 1 aliphatic heterocycles. The van der Waals surface area contributed by atoms with Gasteiger partial charge in [-0.3, -0.25) is 9.59 Å². The molecule has 1 fully saturated rings. The second kappa shape index (κ2) is 6.59. The van der Waals surface area contributed by atoms with Crippen LogP contribution in [0.5, 0.6) is 0 Å². The van der Waals surface area contributed by atoms with Crippen molar-refractivity contribution >= 4 is 11.9 Å². The Labute approximate surface area is 102 Å². The van der Waals surface area contributed by atoms with Crippen LogP contribution in [0, 0.1) is 11.8 Å². The van der Waals surface area contributed by atoms with Gasteiger partial charge in [0.25, 0.3) is 0 Å². The summed E-state index contributed by atoms with van der Waals surface area (Å²) in [7, 11) is 0. The zero-order valence-electron chi connectivity index (χ0n) is 10.6. The number of likely N-dealkylation sites (tertiary alicyclic amines) is 1. The predicted molar refractivity (Wildman–Crippen MR) is 64.2 cm³/mol. The minimum Gasteiger partial charge on any atom is -0.466 e. The molecule has 1 saturated heterocycles. The first kappa shape index (κ1) is 14.0. The van der Waals surface area contributed by atoms with E-state index >= 15 is 0 Å². The van der Waals surface area contributed by atoms with Crippen LogP contribution in [0.3, 0.4) is 0 Å². The molecule has 1 heterocycles. The number of amides is 1. The maximum absolute atomic E-state index is 11.6. The number of piperidine rings is 1. The zero-order chi connectivity index (χ0) is 12.8. The van der Waals surface area contributed by atoms with E-state index in [1.807, 2.05) is 13.8 Å². The van der Waals surface area contributed by atoms with Gasteiger partial charge in [-0.15, -0.1) is 0 Å². The average Bonchev–Trinajstić information content (AvgIpc) is 2.29. The Kier molecular flexibility index (Phi) is 5.41. The van der Waals surface area contributed by atoms with Crippen LogP contribution in [0.1, 0.15) is 26.7 Å². The molecular formula is C12H22N2O3. The van der Waals surface area contributed by atoms with Crippen molar-refractivity contribution in [3.05, 3.63) is 0 Å². The highest BCUT2D eigenvalue weighted by Crippen LogP contribution is 2.18. The van der Waals surface area contributed by atoms with Gasteiger partial charge < -0.3 is 15.4 Å². The summed E-state index contributed by atoms with van der Waals surface area (Å²) in [4.78, 5) is 24.7. The number of hydrogen-bond acceptors (Lipinski definition) is 4. The first-order valence-corrected chi connectivity index (χ1v) is 6.22. The quantitative estimate of drug-likeness (QED) is 0.707. The van der Waals surface area contributed by atoms with Crippen molar-refractivity contribution in [3.8, 4) is 0 Å². The molecule has 0 bridgehead atoms. The third-order valence-corrected chi connectivity index (χ3v) is 3.14. The molecule has 1 rings (SSSR count). The Morgan fingerprint density at radius 2 is 2.24 bits per heavy atom. The molecule has 0 aliphatic carbocycles. The van der Waals surface area contributed by atoms with Gasteiger partial charge in [-0.25, -0.2) is 0 Å². The summed E-state index contributed by atoms with van der Waals surface area (Å²) in [6.45, 7) is 6.28. The van der Waals surface area contributed by atoms with Gasteiger partial charge in [0.1, 0.15) is 0 Å². The minimum atomic E-state index is -0.289. The number of carbonyl (C=O) groups excluding carboxylic acids is 2. The van der Waals surface area contributed by atoms with E-state index in [9.17, 15) is 9.59 Å². The Hall–Kier alpha value is -1.10. The van der Waals surface area contributed by atoms with Crippen molar-refractivity contribution in [1.29, 1.82) is 0 Å². The van der Waals surface area contributed by atoms with Gasteiger partial charge in [-0.1, -0.05) is 6.92 Å². The van der Waals surface area contributed by atoms with Crippen LogP contribution in [0.4, 0.5) is 0 Å². The van der Waals surface area contributed by atoms with Crippen LogP contribution in [0.25, 0.3) is 0 Å². The number of primary amides is 1. The van der Waals surface area contributed by atoms with Crippen LogP contribution in [0.15, 0.2) is 0 Å². The highest BCUT2D eigenvalue weighted by molar-refractivity contribution is 5.76. The van der Waals surface area contributed by atoms with E-state index in [1.54, 1.807) is 0 Å². The summed E-state index contributed by atoms with van der Waals surface area (Å²) in [6, 6.07) is 0. The third-order valence-electron chi connectivity index (χ3n) is 3.14. The van der Waals surface area contributed by atoms with Crippen LogP contribution in [-0.4, -0.2) is 43.0 Å². The van der Waals surface area contributed by atoms with E-state index in [-0.39, 0.29) is 23.7 Å². The third kappa shape index (κ3) is 4.34. The van der Waals surface area contributed by atoms with Crippen LogP contribution >= 0.6 is 0 Å². The van der Waals surface area contributed by atoms with E-state index in [4.69, 9.17) is 10.5 Å². The fourth-order valence-corrected chi connectivity index (χ4v) is 2.15. The lowest BCUT2D eigenvalue weighted by Gasteiger charge is -2.32. The standard InChI is InChI=1S/C12H22N2O3/c1-3-17-12(16)10-5-4-6-14(8-10)7-9(2)11(13)15/h9-10H,3-8H2,1-2H3,(H2,13,15)/t9?,10-/m1/s1. The zero-order valence-corrected chi connectivity index (χ0v) is 10.6. The van der Waals surface area contributed by atoms with Crippen LogP contribution < -0.4 is 5.73 Å². The average molecular weight is 242 g/mol. The summed E-state index contributed by atoms with van der Waals surface area (Å²) in [6.07, 6.45) is 1.84. The van der Waals surface area contributed by atoms with Crippen molar-refractivity contribution in [2.75, 3.05) is 26.2 Å². The molecule has 0 spiro atoms. The number of carbonyl (C=O) groups is 2. The lowest BCUT2D eigenvalue weighted by Crippen LogP contribution is -2.43. The fraction of sp³-hybridized carbons (Fsp3) is 0.833. The van der Waals surface area contributed by atoms with Crippen molar-refractivity contribution in [2.45, 2.75) is 26.7 Å². The maximum atomic E-state index is 11.6. The number of nitrogens with zero attached hydrogens (tertiary/aromatic N) is 1. The Bertz CT molecular complexity index is 281. The molecular weight excluding hydrogens is 220 g/mol. The Morgan fingerprint density at radius 1 is 1.53 bits per heavy atom. The Morgan fingerprint density at radius 3 is 2.82 bits per heavy atom. The number of esters is 1. The van der Waals surface area contributed by atoms with Gasteiger partial charge in [-0.2, -0.15) is 0 Å².